The molecule has 2 saturated heterocycles. The third-order valence-electron chi connectivity index (χ3n) is 11.2. The first-order valence-corrected chi connectivity index (χ1v) is 25.6. The van der Waals surface area contributed by atoms with Crippen LogP contribution in [0.3, 0.4) is 0 Å². The second-order valence-electron chi connectivity index (χ2n) is 15.8. The predicted octanol–water partition coefficient (Wildman–Crippen LogP) is 5.18. The number of nitrogens with two attached hydrogens (primary N) is 2. The van der Waals surface area contributed by atoms with Gasteiger partial charge in [-0.1, -0.05) is 12.1 Å². The second-order valence-corrected chi connectivity index (χ2v) is 21.0. The fourth-order valence-electron chi connectivity index (χ4n) is 8.08. The number of sulfone groups is 2. The van der Waals surface area contributed by atoms with Crippen LogP contribution in [0.2, 0.25) is 0 Å². The van der Waals surface area contributed by atoms with Crippen LogP contribution in [0.15, 0.2) is 82.6 Å². The number of rotatable bonds is 8. The Labute approximate surface area is 405 Å². The molecule has 0 spiro atoms. The predicted molar refractivity (Wildman–Crippen MR) is 243 cm³/mol. The molecule has 0 saturated carbocycles. The average molecular weight is 1140 g/mol. The molecule has 4 aromatic carbocycles. The molecule has 372 valence electrons. The van der Waals surface area contributed by atoms with Crippen LogP contribution in [-0.4, -0.2) is 87.0 Å². The van der Waals surface area contributed by atoms with E-state index in [-0.39, 0.29) is 50.0 Å². The van der Waals surface area contributed by atoms with Gasteiger partial charge in [0.2, 0.25) is 0 Å². The smallest absolute Gasteiger partial charge is 0.521 e. The zero-order chi connectivity index (χ0) is 48.7. The first-order valence-electron chi connectivity index (χ1n) is 19.7. The van der Waals surface area contributed by atoms with E-state index in [1.165, 1.54) is 12.5 Å². The molecule has 0 amide bonds. The maximum atomic E-state index is 14.1. The maximum absolute atomic E-state index is 14.1. The molecular formula is C40H51F4IN4O14P2S2. The van der Waals surface area contributed by atoms with E-state index < -0.39 is 83.7 Å². The van der Waals surface area contributed by atoms with Crippen molar-refractivity contribution < 1.29 is 85.5 Å². The lowest BCUT2D eigenvalue weighted by molar-refractivity contribution is -0.245. The molecule has 2 unspecified atom stereocenters. The van der Waals surface area contributed by atoms with Gasteiger partial charge in [0.05, 0.1) is 23.0 Å². The van der Waals surface area contributed by atoms with E-state index in [9.17, 15) is 34.4 Å². The van der Waals surface area contributed by atoms with Crippen molar-refractivity contribution >= 4 is 60.2 Å². The number of halogens is 5. The summed E-state index contributed by atoms with van der Waals surface area (Å²) < 4.78 is 137. The van der Waals surface area contributed by atoms with E-state index in [1.54, 1.807) is 24.3 Å². The monoisotopic (exact) mass is 1140 g/mol. The molecule has 0 aromatic heterocycles. The highest BCUT2D eigenvalue weighted by molar-refractivity contribution is 14.0. The molecule has 18 nitrogen and oxygen atoms in total. The Bertz CT molecular complexity index is 2470. The number of ether oxygens (including phenoxy) is 2. The molecule has 27 heteroatoms. The van der Waals surface area contributed by atoms with E-state index in [2.05, 4.69) is 19.1 Å². The number of hydrogen-bond donors (Lipinski definition) is 4. The molecule has 67 heavy (non-hydrogen) atoms. The van der Waals surface area contributed by atoms with Crippen LogP contribution in [0.25, 0.3) is 0 Å². The fourth-order valence-corrected chi connectivity index (χ4v) is 9.42. The van der Waals surface area contributed by atoms with Gasteiger partial charge < -0.3 is 30.7 Å². The van der Waals surface area contributed by atoms with E-state index in [1.807, 2.05) is 12.1 Å². The van der Waals surface area contributed by atoms with Gasteiger partial charge in [0, 0.05) is 86.2 Å². The van der Waals surface area contributed by atoms with Crippen LogP contribution in [-0.2, 0) is 73.8 Å². The van der Waals surface area contributed by atoms with Crippen molar-refractivity contribution in [2.24, 2.45) is 11.5 Å². The van der Waals surface area contributed by atoms with Gasteiger partial charge in [-0.05, 0) is 105 Å². The summed E-state index contributed by atoms with van der Waals surface area (Å²) in [6.45, 7) is 3.28. The highest BCUT2D eigenvalue weighted by Crippen LogP contribution is 2.37. The molecule has 6 N–H and O–H groups in total. The first-order chi connectivity index (χ1) is 31.0. The SMILES string of the molecule is CS(=O)(=O)c1ccc2c(c1)CN([C@H]1CO[C@H](c3cc(F)ccc3F)[C@@H](N)C1)C2.CS(=O)(=O)c1ccc2c(c1)CN([C@H]1CO[C@H](c3cc(F)ccc3F)[C@@H](N)C1)C2.I.O=[P+]([O-])OO.O=[P+]([O-])OO.[HH].[HH]. The lowest BCUT2D eigenvalue weighted by Crippen LogP contribution is -2.47. The van der Waals surface area contributed by atoms with Gasteiger partial charge >= 0.3 is 16.5 Å². The largest absolute Gasteiger partial charge is 0.565 e. The van der Waals surface area contributed by atoms with Crippen molar-refractivity contribution in [3.63, 3.8) is 0 Å². The van der Waals surface area contributed by atoms with E-state index in [4.69, 9.17) is 50.4 Å². The van der Waals surface area contributed by atoms with Gasteiger partial charge in [0.25, 0.3) is 0 Å². The van der Waals surface area contributed by atoms with Crippen molar-refractivity contribution in [3.8, 4) is 0 Å². The summed E-state index contributed by atoms with van der Waals surface area (Å²) in [4.78, 5) is 22.9. The highest BCUT2D eigenvalue weighted by atomic mass is 127. The summed E-state index contributed by atoms with van der Waals surface area (Å²) in [5, 5.41) is 14.1. The Morgan fingerprint density at radius 2 is 0.955 bits per heavy atom. The van der Waals surface area contributed by atoms with Crippen LogP contribution >= 0.6 is 40.5 Å². The Morgan fingerprint density at radius 1 is 0.627 bits per heavy atom. The minimum absolute atomic E-state index is 0. The van der Waals surface area contributed by atoms with E-state index >= 15 is 0 Å². The van der Waals surface area contributed by atoms with Crippen LogP contribution in [0, 0.1) is 23.3 Å². The van der Waals surface area contributed by atoms with Gasteiger partial charge in [0.1, 0.15) is 35.5 Å². The number of fused-ring (bicyclic) bond motifs is 2. The Balaban J connectivity index is 0.000000382. The summed E-state index contributed by atoms with van der Waals surface area (Å²) in [7, 11) is -12.6. The van der Waals surface area contributed by atoms with Crippen LogP contribution in [0.4, 0.5) is 17.6 Å². The summed E-state index contributed by atoms with van der Waals surface area (Å²) in [5.41, 5.74) is 16.9. The van der Waals surface area contributed by atoms with Crippen molar-refractivity contribution in [1.29, 1.82) is 0 Å². The fraction of sp³-hybridized carbons (Fsp3) is 0.400. The number of benzene rings is 4. The normalized spacial score (nSPS) is 23.1. The summed E-state index contributed by atoms with van der Waals surface area (Å²) in [6.07, 6.45) is 2.17. The Hall–Kier alpha value is -3.05. The van der Waals surface area contributed by atoms with Crippen LogP contribution in [0.1, 0.15) is 61.3 Å². The molecule has 4 aromatic rings. The summed E-state index contributed by atoms with van der Waals surface area (Å²) in [5.74, 6) is -2.10. The van der Waals surface area contributed by atoms with E-state index in [0.717, 1.165) is 58.7 Å². The molecule has 4 aliphatic heterocycles. The second kappa shape index (κ2) is 24.7. The quantitative estimate of drug-likeness (QED) is 0.0581. The van der Waals surface area contributed by atoms with E-state index in [0.29, 0.717) is 62.0 Å². The third kappa shape index (κ3) is 15.5. The minimum atomic E-state index is -3.25. The molecule has 8 atom stereocenters. The lowest BCUT2D eigenvalue weighted by atomic mass is 9.93. The molecule has 0 aliphatic carbocycles. The number of hydrogen-bond acceptors (Lipinski definition) is 18. The first kappa shape index (κ1) is 56.5. The Kier molecular flexibility index (Phi) is 20.8. The molecule has 4 aliphatic rings. The van der Waals surface area contributed by atoms with Crippen molar-refractivity contribution in [1.82, 2.24) is 9.80 Å². The lowest BCUT2D eigenvalue weighted by Gasteiger charge is -2.38. The van der Waals surface area contributed by atoms with Crippen molar-refractivity contribution in [3.05, 3.63) is 129 Å². The molecule has 0 bridgehead atoms. The third-order valence-corrected chi connectivity index (χ3v) is 13.7. The van der Waals surface area contributed by atoms with Gasteiger partial charge in [0.15, 0.2) is 19.7 Å². The molecule has 0 radical (unpaired) electrons. The average Bonchev–Trinajstić information content (AvgIpc) is 3.90. The zero-order valence-electron chi connectivity index (χ0n) is 35.5. The summed E-state index contributed by atoms with van der Waals surface area (Å²) >= 11 is 0. The van der Waals surface area contributed by atoms with Gasteiger partial charge in [-0.3, -0.25) is 9.80 Å². The van der Waals surface area contributed by atoms with Gasteiger partial charge in [-0.25, -0.2) is 44.9 Å². The van der Waals surface area contributed by atoms with Gasteiger partial charge in [-0.2, -0.15) is 0 Å². The zero-order valence-corrected chi connectivity index (χ0v) is 41.3. The molecular weight excluding hydrogens is 1090 g/mol. The summed E-state index contributed by atoms with van der Waals surface area (Å²) in [6, 6.07) is 16.1. The highest BCUT2D eigenvalue weighted by Gasteiger charge is 2.38. The Morgan fingerprint density at radius 3 is 1.25 bits per heavy atom. The molecule has 2 fully saturated rings. The van der Waals surface area contributed by atoms with Crippen molar-refractivity contribution in [2.75, 3.05) is 25.7 Å². The minimum Gasteiger partial charge on any atom is -0.565 e. The topological polar surface area (TPSA) is 284 Å². The molecule has 8 rings (SSSR count). The van der Waals surface area contributed by atoms with Crippen molar-refractivity contribution in [2.45, 2.75) is 85.2 Å². The standard InChI is InChI=1S/2C20H22F2N2O3S.HI.2HO4P.2H2/c2*1-28(25,26)16-4-2-12-9-24(10-13(12)6-16)15-8-19(23)20(27-11-15)17-7-14(21)3-5-18(17)22;;2*1-4-5(2)3;;/h2*2-7,15,19-20H,8-11,23H2,1H3;1H;2*1H;2*1H/t2*15-,19+,20-;;;;;/m11...../s1. The van der Waals surface area contributed by atoms with Crippen LogP contribution in [0.5, 0.6) is 0 Å². The maximum Gasteiger partial charge on any atom is 0.521 e. The number of nitrogens with zero attached hydrogens (tertiary/aromatic N) is 2. The van der Waals surface area contributed by atoms with Gasteiger partial charge in [-0.15, -0.1) is 24.0 Å². The van der Waals surface area contributed by atoms with Crippen LogP contribution < -0.4 is 21.3 Å². The molecule has 4 heterocycles.